The van der Waals surface area contributed by atoms with E-state index in [1.807, 2.05) is 20.8 Å². The maximum atomic E-state index is 12.1. The Morgan fingerprint density at radius 2 is 1.86 bits per heavy atom. The third-order valence-corrected chi connectivity index (χ3v) is 2.99. The van der Waals surface area contributed by atoms with E-state index in [0.717, 1.165) is 0 Å². The van der Waals surface area contributed by atoms with E-state index in [1.54, 1.807) is 0 Å². The number of rotatable bonds is 8. The number of aliphatic carboxylic acids is 1. The van der Waals surface area contributed by atoms with Crippen LogP contribution in [0.3, 0.4) is 0 Å². The van der Waals surface area contributed by atoms with Crippen LogP contribution in [-0.4, -0.2) is 42.6 Å². The molecule has 0 aliphatic heterocycles. The van der Waals surface area contributed by atoms with Crippen molar-refractivity contribution < 1.29 is 24.2 Å². The fourth-order valence-corrected chi connectivity index (χ4v) is 1.93. The Hall–Kier alpha value is -1.63. The Morgan fingerprint density at radius 3 is 2.24 bits per heavy atom. The monoisotopic (exact) mass is 302 g/mol. The lowest BCUT2D eigenvalue weighted by Gasteiger charge is -2.25. The first kappa shape index (κ1) is 19.4. The topological polar surface area (TPSA) is 119 Å². The van der Waals surface area contributed by atoms with Gasteiger partial charge in [-0.15, -0.1) is 0 Å². The molecule has 0 aromatic heterocycles. The van der Waals surface area contributed by atoms with Gasteiger partial charge in [0.15, 0.2) is 0 Å². The standard InChI is InChI=1S/C14H26N2O5/c1-14(2,3)7-9(8-15)12(18)16-10(13(19)20)5-6-11(17)21-4/h9-10H,5-8,15H2,1-4H3,(H,16,18)(H,19,20). The summed E-state index contributed by atoms with van der Waals surface area (Å²) in [5, 5.41) is 11.5. The predicted molar refractivity (Wildman–Crippen MR) is 77.4 cm³/mol. The Balaban J connectivity index is 4.64. The summed E-state index contributed by atoms with van der Waals surface area (Å²) in [7, 11) is 1.23. The number of hydrogen-bond acceptors (Lipinski definition) is 5. The molecule has 0 heterocycles. The SMILES string of the molecule is COC(=O)CCC(NC(=O)C(CN)CC(C)(C)C)C(=O)O. The fraction of sp³-hybridized carbons (Fsp3) is 0.786. The van der Waals surface area contributed by atoms with Crippen molar-refractivity contribution in [3.63, 3.8) is 0 Å². The van der Waals surface area contributed by atoms with Crippen molar-refractivity contribution in [2.45, 2.75) is 46.1 Å². The molecule has 0 saturated heterocycles. The summed E-state index contributed by atoms with van der Waals surface area (Å²) < 4.78 is 4.46. The number of hydrogen-bond donors (Lipinski definition) is 3. The average molecular weight is 302 g/mol. The minimum atomic E-state index is -1.18. The highest BCUT2D eigenvalue weighted by atomic mass is 16.5. The second-order valence-corrected chi connectivity index (χ2v) is 6.21. The van der Waals surface area contributed by atoms with Gasteiger partial charge < -0.3 is 20.9 Å². The van der Waals surface area contributed by atoms with Crippen molar-refractivity contribution in [1.29, 1.82) is 0 Å². The Bertz CT molecular complexity index is 376. The maximum absolute atomic E-state index is 12.1. The zero-order chi connectivity index (χ0) is 16.6. The zero-order valence-electron chi connectivity index (χ0n) is 13.1. The van der Waals surface area contributed by atoms with Gasteiger partial charge in [-0.05, 0) is 18.3 Å². The summed E-state index contributed by atoms with van der Waals surface area (Å²) in [6.45, 7) is 6.09. The highest BCUT2D eigenvalue weighted by Gasteiger charge is 2.28. The second-order valence-electron chi connectivity index (χ2n) is 6.21. The highest BCUT2D eigenvalue weighted by Crippen LogP contribution is 2.24. The molecular weight excluding hydrogens is 276 g/mol. The molecule has 0 fully saturated rings. The maximum Gasteiger partial charge on any atom is 0.326 e. The smallest absolute Gasteiger partial charge is 0.326 e. The molecule has 0 aromatic rings. The molecular formula is C14H26N2O5. The van der Waals surface area contributed by atoms with Gasteiger partial charge in [-0.3, -0.25) is 9.59 Å². The van der Waals surface area contributed by atoms with E-state index in [1.165, 1.54) is 7.11 Å². The molecule has 0 rings (SSSR count). The molecule has 122 valence electrons. The van der Waals surface area contributed by atoms with Gasteiger partial charge in [0.2, 0.25) is 5.91 Å². The number of methoxy groups -OCH3 is 1. The Kier molecular flexibility index (Phi) is 7.94. The lowest BCUT2D eigenvalue weighted by Crippen LogP contribution is -2.46. The van der Waals surface area contributed by atoms with Crippen LogP contribution in [0.4, 0.5) is 0 Å². The van der Waals surface area contributed by atoms with Crippen molar-refractivity contribution in [3.8, 4) is 0 Å². The first-order valence-electron chi connectivity index (χ1n) is 6.90. The molecule has 7 nitrogen and oxygen atoms in total. The zero-order valence-corrected chi connectivity index (χ0v) is 13.1. The molecule has 0 saturated carbocycles. The minimum absolute atomic E-state index is 0.0133. The van der Waals surface area contributed by atoms with Gasteiger partial charge >= 0.3 is 11.9 Å². The molecule has 2 atom stereocenters. The Labute approximate surface area is 125 Å². The summed E-state index contributed by atoms with van der Waals surface area (Å²) >= 11 is 0. The van der Waals surface area contributed by atoms with E-state index in [2.05, 4.69) is 10.1 Å². The first-order chi connectivity index (χ1) is 9.60. The number of esters is 1. The molecule has 0 aliphatic carbocycles. The van der Waals surface area contributed by atoms with Crippen molar-refractivity contribution >= 4 is 17.8 Å². The van der Waals surface area contributed by atoms with Gasteiger partial charge in [0, 0.05) is 13.0 Å². The molecule has 4 N–H and O–H groups in total. The van der Waals surface area contributed by atoms with Gasteiger partial charge in [0.05, 0.1) is 13.0 Å². The molecule has 21 heavy (non-hydrogen) atoms. The molecule has 0 aromatic carbocycles. The van der Waals surface area contributed by atoms with Gasteiger partial charge in [0.1, 0.15) is 6.04 Å². The molecule has 1 amide bonds. The summed E-state index contributed by atoms with van der Waals surface area (Å²) in [4.78, 5) is 34.3. The van der Waals surface area contributed by atoms with Crippen LogP contribution in [0.15, 0.2) is 0 Å². The Morgan fingerprint density at radius 1 is 1.29 bits per heavy atom. The third-order valence-electron chi connectivity index (χ3n) is 2.99. The number of carboxylic acid groups (broad SMARTS) is 1. The normalized spacial score (nSPS) is 14.1. The number of carbonyl (C=O) groups is 3. The van der Waals surface area contributed by atoms with Crippen LogP contribution in [0, 0.1) is 11.3 Å². The summed E-state index contributed by atoms with van der Waals surface area (Å²) in [6, 6.07) is -1.12. The average Bonchev–Trinajstić information content (AvgIpc) is 2.38. The van der Waals surface area contributed by atoms with E-state index in [4.69, 9.17) is 10.8 Å². The summed E-state index contributed by atoms with van der Waals surface area (Å²) in [5.74, 6) is -2.55. The quantitative estimate of drug-likeness (QED) is 0.562. The van der Waals surface area contributed by atoms with E-state index in [9.17, 15) is 14.4 Å². The largest absolute Gasteiger partial charge is 0.480 e. The number of carboxylic acids is 1. The molecule has 2 unspecified atom stereocenters. The van der Waals surface area contributed by atoms with E-state index >= 15 is 0 Å². The van der Waals surface area contributed by atoms with E-state index in [0.29, 0.717) is 6.42 Å². The summed E-state index contributed by atoms with van der Waals surface area (Å²) in [5.41, 5.74) is 5.50. The molecule has 0 bridgehead atoms. The molecule has 7 heteroatoms. The minimum Gasteiger partial charge on any atom is -0.480 e. The lowest BCUT2D eigenvalue weighted by atomic mass is 9.84. The molecule has 0 aliphatic rings. The molecule has 0 spiro atoms. The van der Waals surface area contributed by atoms with Crippen LogP contribution < -0.4 is 11.1 Å². The van der Waals surface area contributed by atoms with Gasteiger partial charge in [0.25, 0.3) is 0 Å². The van der Waals surface area contributed by atoms with Crippen LogP contribution in [0.5, 0.6) is 0 Å². The summed E-state index contributed by atoms with van der Waals surface area (Å²) in [6.07, 6.45) is 0.472. The molecule has 0 radical (unpaired) electrons. The second kappa shape index (κ2) is 8.61. The van der Waals surface area contributed by atoms with Crippen LogP contribution in [0.2, 0.25) is 0 Å². The van der Waals surface area contributed by atoms with Crippen LogP contribution in [0.1, 0.15) is 40.0 Å². The van der Waals surface area contributed by atoms with E-state index in [-0.39, 0.29) is 24.8 Å². The first-order valence-corrected chi connectivity index (χ1v) is 6.90. The highest BCUT2D eigenvalue weighted by molar-refractivity contribution is 5.85. The number of nitrogens with two attached hydrogens (primary N) is 1. The van der Waals surface area contributed by atoms with Gasteiger partial charge in [-0.2, -0.15) is 0 Å². The van der Waals surface area contributed by atoms with Crippen LogP contribution in [-0.2, 0) is 19.1 Å². The van der Waals surface area contributed by atoms with Crippen molar-refractivity contribution in [2.75, 3.05) is 13.7 Å². The van der Waals surface area contributed by atoms with Crippen molar-refractivity contribution in [3.05, 3.63) is 0 Å². The lowest BCUT2D eigenvalue weighted by molar-refractivity contribution is -0.144. The number of amides is 1. The van der Waals surface area contributed by atoms with Crippen molar-refractivity contribution in [2.24, 2.45) is 17.1 Å². The number of carbonyl (C=O) groups excluding carboxylic acids is 2. The van der Waals surface area contributed by atoms with Crippen LogP contribution in [0.25, 0.3) is 0 Å². The number of ether oxygens (including phenoxy) is 1. The van der Waals surface area contributed by atoms with Gasteiger partial charge in [-0.25, -0.2) is 4.79 Å². The number of nitrogens with one attached hydrogen (secondary N) is 1. The van der Waals surface area contributed by atoms with E-state index < -0.39 is 29.8 Å². The van der Waals surface area contributed by atoms with Crippen molar-refractivity contribution in [1.82, 2.24) is 5.32 Å². The fourth-order valence-electron chi connectivity index (χ4n) is 1.93. The predicted octanol–water partition coefficient (Wildman–Crippen LogP) is 0.520. The van der Waals surface area contributed by atoms with Crippen LogP contribution >= 0.6 is 0 Å². The third kappa shape index (κ3) is 8.29. The van der Waals surface area contributed by atoms with Gasteiger partial charge in [-0.1, -0.05) is 20.8 Å².